The fourth-order valence-electron chi connectivity index (χ4n) is 12.2. The topological polar surface area (TPSA) is 12.7 Å². The van der Waals surface area contributed by atoms with Crippen LogP contribution in [0.5, 0.6) is 0 Å². The minimum Gasteiger partial charge on any atom is -0.207 e. The van der Waals surface area contributed by atoms with Gasteiger partial charge in [-0.2, -0.15) is 13.7 Å². The molecule has 0 amide bonds. The van der Waals surface area contributed by atoms with Crippen molar-refractivity contribution in [3.05, 3.63) is 223 Å². The highest BCUT2D eigenvalue weighted by Gasteiger charge is 2.45. The first-order valence-electron chi connectivity index (χ1n) is 26.2. The van der Waals surface area contributed by atoms with Crippen LogP contribution in [0.2, 0.25) is 19.6 Å². The molecular weight excluding hydrogens is 938 g/mol. The fourth-order valence-corrected chi connectivity index (χ4v) is 14.6. The molecule has 2 unspecified atom stereocenters. The predicted molar refractivity (Wildman–Crippen MR) is 312 cm³/mol. The van der Waals surface area contributed by atoms with Gasteiger partial charge in [-0.3, -0.25) is 0 Å². The van der Waals surface area contributed by atoms with Crippen molar-refractivity contribution in [2.75, 3.05) is 0 Å². The summed E-state index contributed by atoms with van der Waals surface area (Å²) >= 11 is 1.88. The summed E-state index contributed by atoms with van der Waals surface area (Å²) < 4.78 is 24.6. The number of imidazole rings is 1. The maximum absolute atomic E-state index is 14.2. The van der Waals surface area contributed by atoms with E-state index in [9.17, 15) is 4.39 Å². The molecule has 2 atom stereocenters. The van der Waals surface area contributed by atoms with Gasteiger partial charge in [0.05, 0.1) is 24.8 Å². The number of halogens is 1. The summed E-state index contributed by atoms with van der Waals surface area (Å²) in [6.45, 7) is 19.6. The van der Waals surface area contributed by atoms with Gasteiger partial charge in [-0.05, 0) is 106 Å². The zero-order valence-corrected chi connectivity index (χ0v) is 44.9. The Morgan fingerprint density at radius 2 is 1.30 bits per heavy atom. The van der Waals surface area contributed by atoms with E-state index in [2.05, 4.69) is 224 Å². The molecule has 11 aromatic rings. The monoisotopic (exact) mass is 997 g/mol. The fraction of sp³-hybridized carbons (Fsp3) is 0.176. The Labute approximate surface area is 439 Å². The Morgan fingerprint density at radius 3 is 2.00 bits per heavy atom. The van der Waals surface area contributed by atoms with Gasteiger partial charge in [-0.25, -0.2) is 4.39 Å². The van der Waals surface area contributed by atoms with Crippen molar-refractivity contribution in [3.63, 3.8) is 0 Å². The van der Waals surface area contributed by atoms with Crippen molar-refractivity contribution >= 4 is 61.5 Å². The molecule has 0 radical (unpaired) electrons. The van der Waals surface area contributed by atoms with Crippen molar-refractivity contribution in [2.45, 2.75) is 77.0 Å². The Bertz CT molecular complexity index is 3980. The van der Waals surface area contributed by atoms with Crippen LogP contribution >= 0.6 is 11.3 Å². The van der Waals surface area contributed by atoms with E-state index in [4.69, 9.17) is 6.58 Å². The average Bonchev–Trinajstić information content (AvgIpc) is 3.99. The number of aromatic nitrogens is 3. The smallest absolute Gasteiger partial charge is 0.207 e. The molecule has 6 heteroatoms. The molecule has 0 saturated carbocycles. The van der Waals surface area contributed by atoms with Crippen LogP contribution in [0, 0.1) is 5.82 Å². The number of aryl methyl sites for hydroxylation is 1. The van der Waals surface area contributed by atoms with E-state index in [1.807, 2.05) is 23.5 Å². The number of benzene rings is 8. The van der Waals surface area contributed by atoms with Crippen LogP contribution in [-0.4, -0.2) is 12.6 Å². The number of rotatable bonds is 5. The molecule has 362 valence electrons. The quantitative estimate of drug-likeness (QED) is 0.120. The molecule has 0 bridgehead atoms. The minimum absolute atomic E-state index is 0.126. The molecule has 8 aromatic carbocycles. The van der Waals surface area contributed by atoms with E-state index in [0.717, 1.165) is 58.6 Å². The summed E-state index contributed by atoms with van der Waals surface area (Å²) in [7, 11) is -1.69. The van der Waals surface area contributed by atoms with Crippen LogP contribution in [0.4, 0.5) is 4.39 Å². The molecule has 3 aromatic heterocycles. The predicted octanol–water partition coefficient (Wildman–Crippen LogP) is 17.0. The molecule has 0 saturated heterocycles. The van der Waals surface area contributed by atoms with Crippen molar-refractivity contribution < 1.29 is 13.5 Å². The minimum atomic E-state index is -1.69. The molecule has 0 spiro atoms. The summed E-state index contributed by atoms with van der Waals surface area (Å²) in [6.07, 6.45) is 5.14. The molecule has 3 nitrogen and oxygen atoms in total. The number of pyridine rings is 1. The first kappa shape index (κ1) is 46.3. The summed E-state index contributed by atoms with van der Waals surface area (Å²) in [4.78, 5) is 0. The van der Waals surface area contributed by atoms with Gasteiger partial charge >= 0.3 is 5.82 Å². The maximum atomic E-state index is 14.2. The standard InChI is InChI=1S/C68H60FN3SSi/c1-43-38-62-54(52-22-14-15-23-53(52)59-37-33-51(42-70(59)62)74(5,6)7)34-28-47-29-36-56-55-35-30-48(44-26-31-50(69)32-27-44)39-63(55)73-66(56)64(47)67-71(43)60-24-16-17-25-61(60)72(67)65-57(45-18-10-8-11-19-45)40-49(68(2,3)4)41-58(65)46-20-12-9-13-21-46/h8-27,29-33,35-37,39-42,54,62H,1,28,34,38H2,2-7H3/q+2. The summed E-state index contributed by atoms with van der Waals surface area (Å²) in [6, 6.07) is 68.7. The van der Waals surface area contributed by atoms with Crippen LogP contribution in [0.1, 0.15) is 62.3 Å². The number of allylic oxidation sites excluding steroid dienone is 1. The summed E-state index contributed by atoms with van der Waals surface area (Å²) in [5.41, 5.74) is 19.0. The highest BCUT2D eigenvalue weighted by Crippen LogP contribution is 2.50. The molecular formula is C68H60FN3SSi+2. The lowest BCUT2D eigenvalue weighted by Crippen LogP contribution is -2.53. The van der Waals surface area contributed by atoms with Crippen LogP contribution in [0.25, 0.3) is 98.6 Å². The second-order valence-electron chi connectivity index (χ2n) is 22.7. The van der Waals surface area contributed by atoms with Gasteiger partial charge in [0.15, 0.2) is 23.3 Å². The zero-order chi connectivity index (χ0) is 50.6. The maximum Gasteiger partial charge on any atom is 0.301 e. The Hall–Kier alpha value is -7.51. The SMILES string of the molecule is C=C1CC2C(CCc3ccc4c(sc5cc(-c6ccc(F)cc6)ccc54)c3-c3n(-c4c(-c5ccccc5)cc(C(C)(C)C)cc4-c4ccccc4)c4ccccc4[n+]31)c1ccccc1-c1ccc([Si](C)(C)C)c[n+]12. The molecule has 2 aliphatic heterocycles. The van der Waals surface area contributed by atoms with Gasteiger partial charge in [0, 0.05) is 49.3 Å². The van der Waals surface area contributed by atoms with E-state index >= 15 is 0 Å². The Morgan fingerprint density at radius 1 is 0.649 bits per heavy atom. The molecule has 74 heavy (non-hydrogen) atoms. The van der Waals surface area contributed by atoms with Crippen LogP contribution in [0.15, 0.2) is 201 Å². The third-order valence-electron chi connectivity index (χ3n) is 16.1. The van der Waals surface area contributed by atoms with E-state index in [1.54, 1.807) is 12.1 Å². The van der Waals surface area contributed by atoms with Crippen molar-refractivity contribution in [2.24, 2.45) is 0 Å². The largest absolute Gasteiger partial charge is 0.301 e. The van der Waals surface area contributed by atoms with Gasteiger partial charge in [0.2, 0.25) is 5.69 Å². The Kier molecular flexibility index (Phi) is 11.0. The Balaban J connectivity index is 1.17. The van der Waals surface area contributed by atoms with E-state index < -0.39 is 8.07 Å². The number of hydrogen-bond donors (Lipinski definition) is 0. The lowest BCUT2D eigenvalue weighted by Gasteiger charge is -2.32. The highest BCUT2D eigenvalue weighted by molar-refractivity contribution is 7.26. The van der Waals surface area contributed by atoms with Gasteiger partial charge in [-0.15, -0.1) is 11.3 Å². The molecule has 0 aliphatic carbocycles. The molecule has 2 aliphatic rings. The van der Waals surface area contributed by atoms with E-state index in [0.29, 0.717) is 0 Å². The first-order valence-corrected chi connectivity index (χ1v) is 30.5. The molecule has 5 heterocycles. The highest BCUT2D eigenvalue weighted by atomic mass is 32.1. The van der Waals surface area contributed by atoms with Crippen molar-refractivity contribution in [1.29, 1.82) is 0 Å². The van der Waals surface area contributed by atoms with Crippen LogP contribution in [-0.2, 0) is 11.8 Å². The number of para-hydroxylation sites is 2. The third-order valence-corrected chi connectivity index (χ3v) is 19.3. The van der Waals surface area contributed by atoms with Gasteiger partial charge < -0.3 is 0 Å². The van der Waals surface area contributed by atoms with Gasteiger partial charge in [0.25, 0.3) is 0 Å². The summed E-state index contributed by atoms with van der Waals surface area (Å²) in [5, 5.41) is 3.92. The summed E-state index contributed by atoms with van der Waals surface area (Å²) in [5.74, 6) is 1.14. The third kappa shape index (κ3) is 7.64. The first-order chi connectivity index (χ1) is 35.8. The van der Waals surface area contributed by atoms with Crippen LogP contribution < -0.4 is 14.3 Å². The van der Waals surface area contributed by atoms with Crippen LogP contribution in [0.3, 0.4) is 0 Å². The van der Waals surface area contributed by atoms with Gasteiger partial charge in [-0.1, -0.05) is 180 Å². The molecule has 0 N–H and O–H groups in total. The number of thiophene rings is 1. The van der Waals surface area contributed by atoms with E-state index in [1.165, 1.54) is 81.1 Å². The average molecular weight is 998 g/mol. The molecule has 0 fully saturated rings. The van der Waals surface area contributed by atoms with E-state index in [-0.39, 0.29) is 23.2 Å². The lowest BCUT2D eigenvalue weighted by atomic mass is 9.77. The second kappa shape index (κ2) is 17.6. The second-order valence-corrected chi connectivity index (χ2v) is 28.8. The zero-order valence-electron chi connectivity index (χ0n) is 43.1. The lowest BCUT2D eigenvalue weighted by molar-refractivity contribution is -0.719. The van der Waals surface area contributed by atoms with Crippen molar-refractivity contribution in [1.82, 2.24) is 4.57 Å². The van der Waals surface area contributed by atoms with Crippen molar-refractivity contribution in [3.8, 4) is 61.7 Å². The number of fused-ring (bicyclic) bond motifs is 15. The normalized spacial score (nSPS) is 15.6. The van der Waals surface area contributed by atoms with Gasteiger partial charge in [0.1, 0.15) is 17.2 Å². The number of nitrogens with zero attached hydrogens (tertiary/aromatic N) is 3. The molecule has 13 rings (SSSR count). The number of hydrogen-bond acceptors (Lipinski definition) is 1.